The standard InChI is InChI=1S/C16H24N2O2/c1-10(2)11-3-7-13(8-4-11)16-17-15(20-18-16)9-14(19)12-5-6-12/h10-13H,3-9H2,1-2H3. The van der Waals surface area contributed by atoms with Crippen molar-refractivity contribution in [2.75, 3.05) is 0 Å². The van der Waals surface area contributed by atoms with Crippen LogP contribution in [0.3, 0.4) is 0 Å². The Morgan fingerprint density at radius 1 is 1.20 bits per heavy atom. The summed E-state index contributed by atoms with van der Waals surface area (Å²) >= 11 is 0. The average Bonchev–Trinajstić information content (AvgIpc) is 3.20. The number of hydrogen-bond acceptors (Lipinski definition) is 4. The zero-order valence-corrected chi connectivity index (χ0v) is 12.5. The first-order valence-corrected chi connectivity index (χ1v) is 7.98. The predicted molar refractivity (Wildman–Crippen MR) is 75.3 cm³/mol. The van der Waals surface area contributed by atoms with Crippen LogP contribution in [-0.2, 0) is 11.2 Å². The van der Waals surface area contributed by atoms with Crippen molar-refractivity contribution in [1.29, 1.82) is 0 Å². The van der Waals surface area contributed by atoms with Gasteiger partial charge in [0.15, 0.2) is 5.82 Å². The van der Waals surface area contributed by atoms with Gasteiger partial charge in [-0.1, -0.05) is 19.0 Å². The second-order valence-electron chi connectivity index (χ2n) is 6.82. The van der Waals surface area contributed by atoms with E-state index in [1.54, 1.807) is 0 Å². The Morgan fingerprint density at radius 2 is 1.90 bits per heavy atom. The molecule has 0 spiro atoms. The summed E-state index contributed by atoms with van der Waals surface area (Å²) in [5.41, 5.74) is 0. The van der Waals surface area contributed by atoms with E-state index in [1.807, 2.05) is 0 Å². The van der Waals surface area contributed by atoms with Crippen molar-refractivity contribution in [3.63, 3.8) is 0 Å². The lowest BCUT2D eigenvalue weighted by atomic mass is 9.77. The molecule has 20 heavy (non-hydrogen) atoms. The van der Waals surface area contributed by atoms with Crippen molar-refractivity contribution in [3.8, 4) is 0 Å². The molecule has 3 rings (SSSR count). The first-order chi connectivity index (χ1) is 9.63. The highest BCUT2D eigenvalue weighted by molar-refractivity contribution is 5.84. The molecule has 0 unspecified atom stereocenters. The van der Waals surface area contributed by atoms with Crippen LogP contribution in [0.1, 0.15) is 70.0 Å². The molecule has 1 aromatic heterocycles. The minimum Gasteiger partial charge on any atom is -0.339 e. The molecular formula is C16H24N2O2. The molecule has 0 bridgehead atoms. The van der Waals surface area contributed by atoms with Crippen LogP contribution in [0.25, 0.3) is 0 Å². The van der Waals surface area contributed by atoms with Crippen LogP contribution < -0.4 is 0 Å². The fraction of sp³-hybridized carbons (Fsp3) is 0.812. The Labute approximate surface area is 120 Å². The SMILES string of the molecule is CC(C)C1CCC(c2noc(CC(=O)C3CC3)n2)CC1. The van der Waals surface area contributed by atoms with Crippen molar-refractivity contribution in [2.24, 2.45) is 17.8 Å². The second-order valence-corrected chi connectivity index (χ2v) is 6.82. The zero-order chi connectivity index (χ0) is 14.1. The van der Waals surface area contributed by atoms with E-state index in [0.717, 1.165) is 43.3 Å². The monoisotopic (exact) mass is 276 g/mol. The molecule has 0 amide bonds. The highest BCUT2D eigenvalue weighted by Gasteiger charge is 2.31. The molecule has 110 valence electrons. The van der Waals surface area contributed by atoms with E-state index in [4.69, 9.17) is 4.52 Å². The molecule has 2 saturated carbocycles. The normalized spacial score (nSPS) is 26.9. The minimum absolute atomic E-state index is 0.267. The van der Waals surface area contributed by atoms with Gasteiger partial charge in [-0.15, -0.1) is 0 Å². The maximum Gasteiger partial charge on any atom is 0.234 e. The summed E-state index contributed by atoms with van der Waals surface area (Å²) in [5.74, 6) is 3.92. The van der Waals surface area contributed by atoms with E-state index < -0.39 is 0 Å². The smallest absolute Gasteiger partial charge is 0.234 e. The molecule has 0 atom stereocenters. The van der Waals surface area contributed by atoms with E-state index in [0.29, 0.717) is 18.2 Å². The maximum atomic E-state index is 11.8. The first kappa shape index (κ1) is 13.8. The molecule has 2 aliphatic carbocycles. The first-order valence-electron chi connectivity index (χ1n) is 7.98. The van der Waals surface area contributed by atoms with Gasteiger partial charge in [0.05, 0.1) is 6.42 Å². The Morgan fingerprint density at radius 3 is 2.50 bits per heavy atom. The van der Waals surface area contributed by atoms with Gasteiger partial charge in [-0.3, -0.25) is 4.79 Å². The zero-order valence-electron chi connectivity index (χ0n) is 12.5. The summed E-state index contributed by atoms with van der Waals surface area (Å²) in [7, 11) is 0. The Hall–Kier alpha value is -1.19. The van der Waals surface area contributed by atoms with Gasteiger partial charge in [0, 0.05) is 11.8 Å². The van der Waals surface area contributed by atoms with E-state index in [-0.39, 0.29) is 11.7 Å². The van der Waals surface area contributed by atoms with Crippen molar-refractivity contribution >= 4 is 5.78 Å². The van der Waals surface area contributed by atoms with Crippen LogP contribution in [-0.4, -0.2) is 15.9 Å². The number of Topliss-reactive ketones (excluding diaryl/α,β-unsaturated/α-hetero) is 1. The van der Waals surface area contributed by atoms with Gasteiger partial charge in [0.1, 0.15) is 5.78 Å². The fourth-order valence-corrected chi connectivity index (χ4v) is 3.25. The van der Waals surface area contributed by atoms with Gasteiger partial charge in [0.25, 0.3) is 0 Å². The van der Waals surface area contributed by atoms with Crippen LogP contribution in [0, 0.1) is 17.8 Å². The molecule has 0 N–H and O–H groups in total. The van der Waals surface area contributed by atoms with Crippen LogP contribution in [0.4, 0.5) is 0 Å². The van der Waals surface area contributed by atoms with Crippen molar-refractivity contribution in [2.45, 2.75) is 64.7 Å². The Kier molecular flexibility index (Phi) is 3.90. The summed E-state index contributed by atoms with van der Waals surface area (Å²) in [4.78, 5) is 16.2. The molecule has 0 aromatic carbocycles. The number of nitrogens with zero attached hydrogens (tertiary/aromatic N) is 2. The summed E-state index contributed by atoms with van der Waals surface area (Å²) in [6, 6.07) is 0. The third kappa shape index (κ3) is 3.10. The number of ketones is 1. The topological polar surface area (TPSA) is 56.0 Å². The molecular weight excluding hydrogens is 252 g/mol. The summed E-state index contributed by atoms with van der Waals surface area (Å²) in [5, 5.41) is 4.10. The third-order valence-electron chi connectivity index (χ3n) is 4.92. The molecule has 0 saturated heterocycles. The van der Waals surface area contributed by atoms with Crippen molar-refractivity contribution in [1.82, 2.24) is 10.1 Å². The lowest BCUT2D eigenvalue weighted by Gasteiger charge is -2.29. The highest BCUT2D eigenvalue weighted by atomic mass is 16.5. The van der Waals surface area contributed by atoms with Gasteiger partial charge in [-0.2, -0.15) is 4.98 Å². The van der Waals surface area contributed by atoms with Crippen molar-refractivity contribution in [3.05, 3.63) is 11.7 Å². The summed E-state index contributed by atoms with van der Waals surface area (Å²) in [6.07, 6.45) is 7.23. The quantitative estimate of drug-likeness (QED) is 0.825. The molecule has 0 radical (unpaired) electrons. The van der Waals surface area contributed by atoms with Crippen LogP contribution in [0.2, 0.25) is 0 Å². The van der Waals surface area contributed by atoms with Crippen molar-refractivity contribution < 1.29 is 9.32 Å². The minimum atomic E-state index is 0.267. The summed E-state index contributed by atoms with van der Waals surface area (Å²) < 4.78 is 5.26. The molecule has 1 heterocycles. The number of hydrogen-bond donors (Lipinski definition) is 0. The van der Waals surface area contributed by atoms with E-state index in [2.05, 4.69) is 24.0 Å². The van der Waals surface area contributed by atoms with E-state index in [1.165, 1.54) is 12.8 Å². The molecule has 4 heteroatoms. The molecule has 2 fully saturated rings. The number of carbonyl (C=O) groups excluding carboxylic acids is 1. The predicted octanol–water partition coefficient (Wildman–Crippen LogP) is 3.52. The Bertz CT molecular complexity index is 469. The lowest BCUT2D eigenvalue weighted by Crippen LogP contribution is -2.18. The second kappa shape index (κ2) is 5.66. The number of aromatic nitrogens is 2. The number of carbonyl (C=O) groups is 1. The van der Waals surface area contributed by atoms with Gasteiger partial charge >= 0.3 is 0 Å². The highest BCUT2D eigenvalue weighted by Crippen LogP contribution is 2.37. The van der Waals surface area contributed by atoms with Gasteiger partial charge in [-0.05, 0) is 50.4 Å². The molecule has 1 aromatic rings. The van der Waals surface area contributed by atoms with Crippen LogP contribution >= 0.6 is 0 Å². The molecule has 4 nitrogen and oxygen atoms in total. The van der Waals surface area contributed by atoms with Crippen LogP contribution in [0.5, 0.6) is 0 Å². The third-order valence-corrected chi connectivity index (χ3v) is 4.92. The molecule has 0 aliphatic heterocycles. The van der Waals surface area contributed by atoms with E-state index in [9.17, 15) is 4.79 Å². The van der Waals surface area contributed by atoms with Crippen LogP contribution in [0.15, 0.2) is 4.52 Å². The maximum absolute atomic E-state index is 11.8. The van der Waals surface area contributed by atoms with Gasteiger partial charge < -0.3 is 4.52 Å². The fourth-order valence-electron chi connectivity index (χ4n) is 3.25. The molecule has 2 aliphatic rings. The Balaban J connectivity index is 1.55. The van der Waals surface area contributed by atoms with Gasteiger partial charge in [0.2, 0.25) is 5.89 Å². The lowest BCUT2D eigenvalue weighted by molar-refractivity contribution is -0.119. The number of rotatable bonds is 5. The van der Waals surface area contributed by atoms with E-state index >= 15 is 0 Å². The largest absolute Gasteiger partial charge is 0.339 e. The summed E-state index contributed by atoms with van der Waals surface area (Å²) in [6.45, 7) is 4.61. The average molecular weight is 276 g/mol. The van der Waals surface area contributed by atoms with Gasteiger partial charge in [-0.25, -0.2) is 0 Å².